The number of aryl methyl sites for hydroxylation is 2. The molecule has 0 aliphatic carbocycles. The molecule has 0 spiro atoms. The number of hydrogen-bond acceptors (Lipinski definition) is 8. The maximum atomic E-state index is 14.8. The van der Waals surface area contributed by atoms with Gasteiger partial charge in [0.25, 0.3) is 0 Å². The number of halogens is 2. The molecule has 1 fully saturated rings. The molecule has 0 bridgehead atoms. The van der Waals surface area contributed by atoms with Gasteiger partial charge in [-0.2, -0.15) is 10.1 Å². The molecular formula is C24H25F2N7O2. The zero-order chi connectivity index (χ0) is 24.7. The third kappa shape index (κ3) is 4.56. The van der Waals surface area contributed by atoms with Gasteiger partial charge in [-0.15, -0.1) is 0 Å². The molecule has 1 aliphatic heterocycles. The van der Waals surface area contributed by atoms with E-state index in [0.717, 1.165) is 11.6 Å². The molecule has 5 rings (SSSR count). The first-order valence-corrected chi connectivity index (χ1v) is 11.2. The van der Waals surface area contributed by atoms with E-state index in [9.17, 15) is 8.78 Å². The van der Waals surface area contributed by atoms with Crippen molar-refractivity contribution < 1.29 is 18.3 Å². The van der Waals surface area contributed by atoms with E-state index in [1.807, 2.05) is 31.9 Å². The summed E-state index contributed by atoms with van der Waals surface area (Å²) in [6.07, 6.45) is 3.22. The molecule has 1 aliphatic rings. The highest BCUT2D eigenvalue weighted by atomic mass is 19.1. The van der Waals surface area contributed by atoms with E-state index in [-0.39, 0.29) is 23.5 Å². The molecule has 4 aromatic rings. The number of anilines is 1. The molecule has 1 aromatic carbocycles. The summed E-state index contributed by atoms with van der Waals surface area (Å²) in [5.74, 6) is -1.02. The van der Waals surface area contributed by atoms with Crippen molar-refractivity contribution in [3.8, 4) is 11.3 Å². The van der Waals surface area contributed by atoms with Crippen molar-refractivity contribution in [2.75, 3.05) is 25.1 Å². The van der Waals surface area contributed by atoms with Crippen LogP contribution in [0.2, 0.25) is 0 Å². The molecule has 2 atom stereocenters. The van der Waals surface area contributed by atoms with Crippen molar-refractivity contribution in [3.63, 3.8) is 0 Å². The Morgan fingerprint density at radius 2 is 1.89 bits per heavy atom. The molecule has 4 heterocycles. The average molecular weight is 482 g/mol. The van der Waals surface area contributed by atoms with Crippen LogP contribution in [0.25, 0.3) is 22.4 Å². The maximum absolute atomic E-state index is 14.8. The first-order valence-electron chi connectivity index (χ1n) is 11.2. The Kier molecular flexibility index (Phi) is 6.12. The summed E-state index contributed by atoms with van der Waals surface area (Å²) in [5.41, 5.74) is 3.41. The Balaban J connectivity index is 1.59. The Morgan fingerprint density at radius 3 is 2.66 bits per heavy atom. The highest BCUT2D eigenvalue weighted by Crippen LogP contribution is 2.32. The van der Waals surface area contributed by atoms with Gasteiger partial charge in [-0.1, -0.05) is 0 Å². The van der Waals surface area contributed by atoms with Crippen molar-refractivity contribution in [2.45, 2.75) is 39.7 Å². The molecule has 0 radical (unpaired) electrons. The van der Waals surface area contributed by atoms with Gasteiger partial charge in [-0.3, -0.25) is 0 Å². The second-order valence-corrected chi connectivity index (χ2v) is 8.63. The van der Waals surface area contributed by atoms with Crippen LogP contribution in [0.15, 0.2) is 30.6 Å². The SMILES string of the molecule is COCn1cc(C2CN(c3nc(-c4ccc(F)cc4F)c4nc(C)c(C)nc4n3)CC(C)O2)cn1. The fourth-order valence-corrected chi connectivity index (χ4v) is 4.16. The number of ether oxygens (including phenoxy) is 2. The zero-order valence-corrected chi connectivity index (χ0v) is 19.9. The van der Waals surface area contributed by atoms with E-state index in [1.54, 1.807) is 18.0 Å². The Bertz CT molecular complexity index is 1390. The minimum Gasteiger partial charge on any atom is -0.367 e. The van der Waals surface area contributed by atoms with Crippen molar-refractivity contribution in [2.24, 2.45) is 0 Å². The molecule has 9 nitrogen and oxygen atoms in total. The fourth-order valence-electron chi connectivity index (χ4n) is 4.16. The topological polar surface area (TPSA) is 91.1 Å². The van der Waals surface area contributed by atoms with Crippen LogP contribution in [0.5, 0.6) is 0 Å². The maximum Gasteiger partial charge on any atom is 0.228 e. The molecule has 182 valence electrons. The van der Waals surface area contributed by atoms with Crippen LogP contribution in [0.3, 0.4) is 0 Å². The molecule has 1 saturated heterocycles. The van der Waals surface area contributed by atoms with Crippen LogP contribution in [0.4, 0.5) is 14.7 Å². The van der Waals surface area contributed by atoms with Crippen molar-refractivity contribution in [1.82, 2.24) is 29.7 Å². The molecule has 2 unspecified atom stereocenters. The Labute approximate surface area is 200 Å². The van der Waals surface area contributed by atoms with Gasteiger partial charge in [0.15, 0.2) is 5.65 Å². The van der Waals surface area contributed by atoms with Gasteiger partial charge >= 0.3 is 0 Å². The lowest BCUT2D eigenvalue weighted by atomic mass is 10.1. The van der Waals surface area contributed by atoms with E-state index >= 15 is 0 Å². The lowest BCUT2D eigenvalue weighted by molar-refractivity contribution is -0.0179. The molecule has 0 amide bonds. The van der Waals surface area contributed by atoms with Crippen LogP contribution < -0.4 is 4.90 Å². The smallest absolute Gasteiger partial charge is 0.228 e. The third-order valence-corrected chi connectivity index (χ3v) is 5.95. The number of benzene rings is 1. The van der Waals surface area contributed by atoms with Crippen LogP contribution in [0.1, 0.15) is 30.0 Å². The fraction of sp³-hybridized carbons (Fsp3) is 0.375. The van der Waals surface area contributed by atoms with E-state index in [0.29, 0.717) is 48.3 Å². The van der Waals surface area contributed by atoms with E-state index in [2.05, 4.69) is 20.1 Å². The average Bonchev–Trinajstić information content (AvgIpc) is 3.28. The molecule has 11 heteroatoms. The van der Waals surface area contributed by atoms with Gasteiger partial charge in [-0.25, -0.2) is 28.4 Å². The first kappa shape index (κ1) is 23.2. The van der Waals surface area contributed by atoms with Crippen LogP contribution in [-0.2, 0) is 16.2 Å². The summed E-state index contributed by atoms with van der Waals surface area (Å²) in [7, 11) is 1.60. The largest absolute Gasteiger partial charge is 0.367 e. The molecule has 35 heavy (non-hydrogen) atoms. The summed E-state index contributed by atoms with van der Waals surface area (Å²) < 4.78 is 41.4. The van der Waals surface area contributed by atoms with Gasteiger partial charge in [0.05, 0.1) is 30.2 Å². The lowest BCUT2D eigenvalue weighted by Crippen LogP contribution is -2.43. The quantitative estimate of drug-likeness (QED) is 0.426. The number of hydrogen-bond donors (Lipinski definition) is 0. The molecular weight excluding hydrogens is 456 g/mol. The summed E-state index contributed by atoms with van der Waals surface area (Å²) in [6, 6.07) is 3.40. The standard InChI is InChI=1S/C24H25F2N7O2/c1-13-9-32(11-20(35-13)16-8-27-33(10-16)12-34-4)24-30-21(18-6-5-17(25)7-19(18)26)22-23(31-24)29-15(3)14(2)28-22/h5-8,10,13,20H,9,11-12H2,1-4H3. The van der Waals surface area contributed by atoms with Crippen molar-refractivity contribution in [3.05, 3.63) is 59.2 Å². The van der Waals surface area contributed by atoms with Gasteiger partial charge in [0.1, 0.15) is 35.7 Å². The van der Waals surface area contributed by atoms with Gasteiger partial charge in [0.2, 0.25) is 5.95 Å². The first-order chi connectivity index (χ1) is 16.8. The Hall–Kier alpha value is -3.57. The van der Waals surface area contributed by atoms with Crippen LogP contribution in [0, 0.1) is 25.5 Å². The number of morpholine rings is 1. The highest BCUT2D eigenvalue weighted by Gasteiger charge is 2.30. The van der Waals surface area contributed by atoms with E-state index in [4.69, 9.17) is 14.5 Å². The number of fused-ring (bicyclic) bond motifs is 1. The highest BCUT2D eigenvalue weighted by molar-refractivity contribution is 5.88. The predicted molar refractivity (Wildman–Crippen MR) is 125 cm³/mol. The molecule has 3 aromatic heterocycles. The summed E-state index contributed by atoms with van der Waals surface area (Å²) in [4.78, 5) is 20.5. The van der Waals surface area contributed by atoms with E-state index < -0.39 is 11.6 Å². The van der Waals surface area contributed by atoms with Gasteiger partial charge < -0.3 is 14.4 Å². The summed E-state index contributed by atoms with van der Waals surface area (Å²) in [5, 5.41) is 4.30. The minimum atomic E-state index is -0.727. The summed E-state index contributed by atoms with van der Waals surface area (Å²) >= 11 is 0. The Morgan fingerprint density at radius 1 is 1.09 bits per heavy atom. The predicted octanol–water partition coefficient (Wildman–Crippen LogP) is 3.75. The monoisotopic (exact) mass is 481 g/mol. The normalized spacial score (nSPS) is 18.4. The van der Waals surface area contributed by atoms with Gasteiger partial charge in [-0.05, 0) is 32.9 Å². The number of rotatable bonds is 5. The number of nitrogens with zero attached hydrogens (tertiary/aromatic N) is 7. The van der Waals surface area contributed by atoms with Crippen molar-refractivity contribution >= 4 is 17.1 Å². The zero-order valence-electron chi connectivity index (χ0n) is 19.9. The number of methoxy groups -OCH3 is 1. The second-order valence-electron chi connectivity index (χ2n) is 8.63. The molecule has 0 N–H and O–H groups in total. The van der Waals surface area contributed by atoms with E-state index in [1.165, 1.54) is 12.1 Å². The van der Waals surface area contributed by atoms with Crippen LogP contribution >= 0.6 is 0 Å². The van der Waals surface area contributed by atoms with Crippen molar-refractivity contribution in [1.29, 1.82) is 0 Å². The second kappa shape index (κ2) is 9.23. The minimum absolute atomic E-state index is 0.129. The van der Waals surface area contributed by atoms with Gasteiger partial charge in [0, 0.05) is 37.0 Å². The third-order valence-electron chi connectivity index (χ3n) is 5.95. The molecule has 0 saturated carbocycles. The number of aromatic nitrogens is 6. The lowest BCUT2D eigenvalue weighted by Gasteiger charge is -2.36. The summed E-state index contributed by atoms with van der Waals surface area (Å²) in [6.45, 7) is 6.94. The van der Waals surface area contributed by atoms with Crippen LogP contribution in [-0.4, -0.2) is 56.0 Å².